The van der Waals surface area contributed by atoms with Gasteiger partial charge in [0.25, 0.3) is 0 Å². The van der Waals surface area contributed by atoms with E-state index in [1.54, 1.807) is 0 Å². The van der Waals surface area contributed by atoms with Crippen molar-refractivity contribution in [1.29, 1.82) is 0 Å². The summed E-state index contributed by atoms with van der Waals surface area (Å²) in [4.78, 5) is 13.5. The summed E-state index contributed by atoms with van der Waals surface area (Å²) in [6.07, 6.45) is 7.45. The van der Waals surface area contributed by atoms with Gasteiger partial charge in [-0.3, -0.25) is 15.0 Å². The van der Waals surface area contributed by atoms with Crippen molar-refractivity contribution >= 4 is 29.6 Å². The zero-order valence-electron chi connectivity index (χ0n) is 20.9. The number of rotatable bonds is 18. The van der Waals surface area contributed by atoms with Gasteiger partial charge in [-0.25, -0.2) is 0 Å². The molecule has 0 saturated carbocycles. The minimum absolute atomic E-state index is 0.601. The molecule has 1 heterocycles. The average molecular weight is 482 g/mol. The molecule has 9 heteroatoms. The van der Waals surface area contributed by atoms with Crippen LogP contribution in [0.15, 0.2) is 28.3 Å². The third-order valence-corrected chi connectivity index (χ3v) is 10.5. The molecule has 0 aliphatic heterocycles. The van der Waals surface area contributed by atoms with Crippen molar-refractivity contribution in [2.24, 2.45) is 9.98 Å². The molecule has 7 nitrogen and oxygen atoms in total. The first kappa shape index (κ1) is 28.8. The molecule has 0 aliphatic rings. The number of hydrogen-bond donors (Lipinski definition) is 0. The second-order valence-electron chi connectivity index (χ2n) is 7.97. The van der Waals surface area contributed by atoms with Gasteiger partial charge in [0.1, 0.15) is 0 Å². The van der Waals surface area contributed by atoms with Crippen molar-refractivity contribution in [3.8, 4) is 0 Å². The van der Waals surface area contributed by atoms with E-state index in [4.69, 9.17) is 17.7 Å². The smallest absolute Gasteiger partial charge is 0.418 e. The molecule has 0 spiro atoms. The molecule has 0 aliphatic carbocycles. The summed E-state index contributed by atoms with van der Waals surface area (Å²) in [6.45, 7) is 16.6. The van der Waals surface area contributed by atoms with Gasteiger partial charge in [-0.2, -0.15) is 0 Å². The molecule has 0 saturated heterocycles. The fourth-order valence-electron chi connectivity index (χ4n) is 3.34. The predicted molar refractivity (Wildman–Crippen MR) is 138 cm³/mol. The molecule has 32 heavy (non-hydrogen) atoms. The van der Waals surface area contributed by atoms with Gasteiger partial charge in [0, 0.05) is 69.8 Å². The van der Waals surface area contributed by atoms with Gasteiger partial charge in [0.05, 0.1) is 5.69 Å². The Morgan fingerprint density at radius 3 is 1.88 bits per heavy atom. The van der Waals surface area contributed by atoms with Crippen molar-refractivity contribution in [1.82, 2.24) is 4.98 Å². The van der Waals surface area contributed by atoms with E-state index in [0.717, 1.165) is 49.3 Å². The number of aromatic nitrogens is 1. The maximum absolute atomic E-state index is 5.88. The molecular formula is C23H43N3O4Si2. The minimum Gasteiger partial charge on any atom is -0.418 e. The molecule has 0 N–H and O–H groups in total. The topological polar surface area (TPSA) is 74.5 Å². The number of pyridine rings is 1. The second-order valence-corrected chi connectivity index (χ2v) is 15.0. The minimum atomic E-state index is -2.57. The van der Waals surface area contributed by atoms with Gasteiger partial charge in [-0.1, -0.05) is 0 Å². The molecular weight excluding hydrogens is 438 g/mol. The highest BCUT2D eigenvalue weighted by atomic mass is 28.4. The maximum Gasteiger partial charge on any atom is 0.500 e. The number of aliphatic imine (C=N–C) groups is 2. The van der Waals surface area contributed by atoms with Crippen LogP contribution in [0.3, 0.4) is 0 Å². The Morgan fingerprint density at radius 1 is 0.781 bits per heavy atom. The van der Waals surface area contributed by atoms with Gasteiger partial charge < -0.3 is 17.7 Å². The first-order chi connectivity index (χ1) is 15.4. The SMILES string of the molecule is CCO[Si](C)(C)CCCN=Cc1ccc(C=NCCC[Si](OCC)(OCC)OCC)cn1. The lowest BCUT2D eigenvalue weighted by Crippen LogP contribution is -2.46. The normalized spacial score (nSPS) is 12.9. The van der Waals surface area contributed by atoms with E-state index >= 15 is 0 Å². The van der Waals surface area contributed by atoms with Crippen LogP contribution in [0.25, 0.3) is 0 Å². The van der Waals surface area contributed by atoms with E-state index in [-0.39, 0.29) is 0 Å². The molecule has 0 aromatic carbocycles. The van der Waals surface area contributed by atoms with Crippen LogP contribution in [0.1, 0.15) is 51.8 Å². The molecule has 0 atom stereocenters. The van der Waals surface area contributed by atoms with Crippen molar-refractivity contribution in [2.45, 2.75) is 65.7 Å². The molecule has 0 fully saturated rings. The van der Waals surface area contributed by atoms with Crippen LogP contribution in [0.5, 0.6) is 0 Å². The molecule has 1 aromatic heterocycles. The Kier molecular flexibility index (Phi) is 14.7. The van der Waals surface area contributed by atoms with E-state index in [0.29, 0.717) is 26.4 Å². The molecule has 0 bridgehead atoms. The Hall–Kier alpha value is -1.24. The van der Waals surface area contributed by atoms with Crippen LogP contribution in [-0.4, -0.2) is 74.1 Å². The van der Waals surface area contributed by atoms with Gasteiger partial charge in [-0.15, -0.1) is 0 Å². The monoisotopic (exact) mass is 481 g/mol. The van der Waals surface area contributed by atoms with E-state index in [1.807, 2.05) is 51.5 Å². The molecule has 182 valence electrons. The standard InChI is InChI=1S/C23H43N3O4Si2/c1-7-27-31(5,6)17-11-15-25-21-23-14-13-22(20-26-23)19-24-16-12-18-32(28-8-2,29-9-3)30-10-4/h13-14,19-21H,7-12,15-18H2,1-6H3. The third kappa shape index (κ3) is 12.1. The quantitative estimate of drug-likeness (QED) is 0.168. The lowest BCUT2D eigenvalue weighted by molar-refractivity contribution is 0.0710. The summed E-state index contributed by atoms with van der Waals surface area (Å²) < 4.78 is 23.5. The van der Waals surface area contributed by atoms with Gasteiger partial charge in [-0.05, 0) is 71.8 Å². The Bertz CT molecular complexity index is 653. The molecule has 1 aromatic rings. The summed E-state index contributed by atoms with van der Waals surface area (Å²) in [5.74, 6) is 0. The Balaban J connectivity index is 2.41. The zero-order chi connectivity index (χ0) is 23.7. The van der Waals surface area contributed by atoms with E-state index < -0.39 is 17.1 Å². The van der Waals surface area contributed by atoms with Crippen molar-refractivity contribution in [3.63, 3.8) is 0 Å². The second kappa shape index (κ2) is 16.4. The number of hydrogen-bond acceptors (Lipinski definition) is 7. The fourth-order valence-corrected chi connectivity index (χ4v) is 7.87. The summed E-state index contributed by atoms with van der Waals surface area (Å²) in [6, 6.07) is 5.89. The zero-order valence-corrected chi connectivity index (χ0v) is 22.9. The van der Waals surface area contributed by atoms with Crippen LogP contribution in [-0.2, 0) is 17.7 Å². The van der Waals surface area contributed by atoms with Gasteiger partial charge in [0.2, 0.25) is 0 Å². The van der Waals surface area contributed by atoms with Crippen molar-refractivity contribution in [3.05, 3.63) is 29.6 Å². The Morgan fingerprint density at radius 2 is 1.34 bits per heavy atom. The molecule has 0 radical (unpaired) electrons. The van der Waals surface area contributed by atoms with Crippen LogP contribution in [0.4, 0.5) is 0 Å². The lowest BCUT2D eigenvalue weighted by Gasteiger charge is -2.28. The first-order valence-corrected chi connectivity index (χ1v) is 17.0. The van der Waals surface area contributed by atoms with Crippen LogP contribution < -0.4 is 0 Å². The van der Waals surface area contributed by atoms with Gasteiger partial charge in [0.15, 0.2) is 8.32 Å². The Labute approximate surface area is 197 Å². The first-order valence-electron chi connectivity index (χ1n) is 11.9. The third-order valence-electron chi connectivity index (χ3n) is 4.74. The molecule has 0 unspecified atom stereocenters. The summed E-state index contributed by atoms with van der Waals surface area (Å²) in [7, 11) is -4.08. The van der Waals surface area contributed by atoms with E-state index in [9.17, 15) is 0 Å². The highest BCUT2D eigenvalue weighted by Gasteiger charge is 2.39. The highest BCUT2D eigenvalue weighted by Crippen LogP contribution is 2.18. The van der Waals surface area contributed by atoms with Gasteiger partial charge >= 0.3 is 8.80 Å². The molecule has 1 rings (SSSR count). The van der Waals surface area contributed by atoms with Crippen molar-refractivity contribution in [2.75, 3.05) is 39.5 Å². The van der Waals surface area contributed by atoms with E-state index in [2.05, 4.69) is 35.0 Å². The fraction of sp³-hybridized carbons (Fsp3) is 0.696. The average Bonchev–Trinajstić information content (AvgIpc) is 2.75. The molecule has 0 amide bonds. The summed E-state index contributed by atoms with van der Waals surface area (Å²) in [5, 5.41) is 0. The van der Waals surface area contributed by atoms with Crippen LogP contribution in [0.2, 0.25) is 25.2 Å². The van der Waals surface area contributed by atoms with E-state index in [1.165, 1.54) is 0 Å². The van der Waals surface area contributed by atoms with Crippen LogP contribution in [0, 0.1) is 0 Å². The number of nitrogens with zero attached hydrogens (tertiary/aromatic N) is 3. The summed E-state index contributed by atoms with van der Waals surface area (Å²) >= 11 is 0. The van der Waals surface area contributed by atoms with Crippen LogP contribution >= 0.6 is 0 Å². The largest absolute Gasteiger partial charge is 0.500 e. The predicted octanol–water partition coefficient (Wildman–Crippen LogP) is 4.99. The highest BCUT2D eigenvalue weighted by molar-refractivity contribution is 6.71. The lowest BCUT2D eigenvalue weighted by atomic mass is 10.3. The van der Waals surface area contributed by atoms with Crippen molar-refractivity contribution < 1.29 is 17.7 Å². The maximum atomic E-state index is 5.88. The summed E-state index contributed by atoms with van der Waals surface area (Å²) in [5.41, 5.74) is 1.85.